The van der Waals surface area contributed by atoms with Crippen molar-refractivity contribution in [1.29, 1.82) is 0 Å². The van der Waals surface area contributed by atoms with Gasteiger partial charge in [0, 0.05) is 6.42 Å². The minimum atomic E-state index is -1.78. The van der Waals surface area contributed by atoms with Crippen LogP contribution in [0, 0.1) is 11.8 Å². The molecule has 0 aromatic heterocycles. The number of ether oxygens (including phenoxy) is 11. The predicted octanol–water partition coefficient (Wildman–Crippen LogP) is 3.60. The molecule has 0 radical (unpaired) electrons. The van der Waals surface area contributed by atoms with Crippen LogP contribution in [0.3, 0.4) is 0 Å². The number of fused-ring (bicyclic) bond motifs is 3. The minimum absolute atomic E-state index is 0.0264. The van der Waals surface area contributed by atoms with E-state index < -0.39 is 153 Å². The standard InChI is InChI=1S/C50H86O20/c1-10-13-19-22-31-23-20-17-15-14-16-18-21-24-32(51)65-41-34(53)28(7)61-50(69-42-35(54)33(52)27(6)60-48(42)64-31)44(41)70-49-43(67-46(59)26(5)12-3)38(57)40(30(9)63-49)68-47-37(56)36(55)39(29(8)62-47)66-45(58)25(4)11-2/h25-31,33-44,47-50,52-57H,10-24H2,1-9H3/t25-,26-,27+,28+,29+,30-,31+,33+,34+,35-,36+,37+,38+,39-,40-,41-,42+,43+,44+,47-,48-,49-,50-/m0/s1. The lowest BCUT2D eigenvalue weighted by atomic mass is 9.96. The predicted molar refractivity (Wildman–Crippen MR) is 247 cm³/mol. The van der Waals surface area contributed by atoms with Crippen molar-refractivity contribution in [3.63, 3.8) is 0 Å². The summed E-state index contributed by atoms with van der Waals surface area (Å²) in [4.78, 5) is 39.9. The van der Waals surface area contributed by atoms with Gasteiger partial charge in [-0.3, -0.25) is 14.4 Å². The average molecular weight is 1010 g/mol. The van der Waals surface area contributed by atoms with Crippen molar-refractivity contribution < 1.29 is 97.1 Å². The molecule has 5 aliphatic rings. The molecule has 0 unspecified atom stereocenters. The first-order valence-corrected chi connectivity index (χ1v) is 26.2. The molecule has 5 saturated heterocycles. The summed E-state index contributed by atoms with van der Waals surface area (Å²) in [5, 5.41) is 69.2. The lowest BCUT2D eigenvalue weighted by Gasteiger charge is -2.50. The second-order valence-corrected chi connectivity index (χ2v) is 20.2. The van der Waals surface area contributed by atoms with Crippen molar-refractivity contribution in [2.45, 2.75) is 288 Å². The molecule has 20 heteroatoms. The Bertz CT molecular complexity index is 1590. The number of unbranched alkanes of at least 4 members (excludes halogenated alkanes) is 2. The van der Waals surface area contributed by atoms with Crippen molar-refractivity contribution in [3.8, 4) is 0 Å². The van der Waals surface area contributed by atoms with Crippen LogP contribution in [-0.2, 0) is 66.5 Å². The van der Waals surface area contributed by atoms with Crippen LogP contribution in [0.25, 0.3) is 0 Å². The largest absolute Gasteiger partial charge is 0.457 e. The molecule has 0 aromatic carbocycles. The number of carbonyl (C=O) groups is 3. The van der Waals surface area contributed by atoms with E-state index in [0.29, 0.717) is 19.3 Å². The van der Waals surface area contributed by atoms with Crippen LogP contribution in [0.4, 0.5) is 0 Å². The van der Waals surface area contributed by atoms with Crippen LogP contribution in [-0.4, -0.2) is 177 Å². The van der Waals surface area contributed by atoms with Crippen molar-refractivity contribution in [2.24, 2.45) is 11.8 Å². The Morgan fingerprint density at radius 3 is 1.74 bits per heavy atom. The first-order valence-electron chi connectivity index (χ1n) is 26.2. The Balaban J connectivity index is 1.49. The molecular weight excluding hydrogens is 921 g/mol. The topological polar surface area (TPSA) is 274 Å². The average Bonchev–Trinajstić information content (AvgIpc) is 3.33. The van der Waals surface area contributed by atoms with Crippen LogP contribution >= 0.6 is 0 Å². The normalized spacial score (nSPS) is 42.7. The minimum Gasteiger partial charge on any atom is -0.457 e. The van der Waals surface area contributed by atoms with E-state index in [4.69, 9.17) is 52.1 Å². The molecule has 0 aliphatic carbocycles. The van der Waals surface area contributed by atoms with Crippen molar-refractivity contribution in [3.05, 3.63) is 0 Å². The summed E-state index contributed by atoms with van der Waals surface area (Å²) in [5.41, 5.74) is 0. The smallest absolute Gasteiger partial charge is 0.309 e. The molecule has 0 spiro atoms. The Kier molecular flexibility index (Phi) is 23.4. The van der Waals surface area contributed by atoms with E-state index >= 15 is 0 Å². The van der Waals surface area contributed by atoms with Gasteiger partial charge in [-0.1, -0.05) is 92.4 Å². The number of aliphatic hydroxyl groups is 6. The molecule has 5 aliphatic heterocycles. The molecule has 6 N–H and O–H groups in total. The molecule has 23 atom stereocenters. The van der Waals surface area contributed by atoms with Gasteiger partial charge in [0.05, 0.1) is 42.4 Å². The Morgan fingerprint density at radius 1 is 0.543 bits per heavy atom. The fraction of sp³-hybridized carbons (Fsp3) is 0.940. The van der Waals surface area contributed by atoms with Gasteiger partial charge in [-0.05, 0) is 59.8 Å². The molecule has 20 nitrogen and oxygen atoms in total. The highest BCUT2D eigenvalue weighted by atomic mass is 16.8. The molecule has 2 bridgehead atoms. The van der Waals surface area contributed by atoms with Crippen LogP contribution in [0.2, 0.25) is 0 Å². The maximum Gasteiger partial charge on any atom is 0.309 e. The van der Waals surface area contributed by atoms with E-state index in [1.807, 2.05) is 6.92 Å². The Morgan fingerprint density at radius 2 is 1.10 bits per heavy atom. The molecule has 0 aromatic rings. The van der Waals surface area contributed by atoms with Crippen molar-refractivity contribution in [1.82, 2.24) is 0 Å². The number of esters is 3. The van der Waals surface area contributed by atoms with Gasteiger partial charge in [0.1, 0.15) is 48.8 Å². The number of rotatable bonds is 14. The number of hydrogen-bond donors (Lipinski definition) is 6. The molecule has 406 valence electrons. The van der Waals surface area contributed by atoms with Crippen LogP contribution in [0.15, 0.2) is 0 Å². The zero-order chi connectivity index (χ0) is 51.4. The van der Waals surface area contributed by atoms with Gasteiger partial charge in [-0.15, -0.1) is 0 Å². The zero-order valence-electron chi connectivity index (χ0n) is 42.8. The van der Waals surface area contributed by atoms with Gasteiger partial charge in [0.2, 0.25) is 0 Å². The van der Waals surface area contributed by atoms with Crippen molar-refractivity contribution >= 4 is 17.9 Å². The first-order chi connectivity index (χ1) is 33.3. The van der Waals surface area contributed by atoms with Gasteiger partial charge in [-0.25, -0.2) is 0 Å². The van der Waals surface area contributed by atoms with Gasteiger partial charge < -0.3 is 82.7 Å². The molecule has 0 saturated carbocycles. The van der Waals surface area contributed by atoms with Gasteiger partial charge in [0.15, 0.2) is 49.6 Å². The summed E-state index contributed by atoms with van der Waals surface area (Å²) in [6.07, 6.45) is -17.8. The van der Waals surface area contributed by atoms with Crippen LogP contribution < -0.4 is 0 Å². The summed E-state index contributed by atoms with van der Waals surface area (Å²) in [5.74, 6) is -3.11. The highest BCUT2D eigenvalue weighted by molar-refractivity contribution is 5.72. The van der Waals surface area contributed by atoms with Gasteiger partial charge in [0.25, 0.3) is 0 Å². The van der Waals surface area contributed by atoms with E-state index in [0.717, 1.165) is 70.6 Å². The summed E-state index contributed by atoms with van der Waals surface area (Å²) < 4.78 is 68.3. The van der Waals surface area contributed by atoms with Crippen LogP contribution in [0.5, 0.6) is 0 Å². The Hall–Kier alpha value is -2.15. The third-order valence-electron chi connectivity index (χ3n) is 14.6. The molecule has 5 fully saturated rings. The Labute approximate surface area is 413 Å². The monoisotopic (exact) mass is 1010 g/mol. The van der Waals surface area contributed by atoms with Crippen LogP contribution in [0.1, 0.15) is 159 Å². The quantitative estimate of drug-likeness (QED) is 0.0824. The summed E-state index contributed by atoms with van der Waals surface area (Å²) >= 11 is 0. The maximum atomic E-state index is 13.6. The summed E-state index contributed by atoms with van der Waals surface area (Å²) in [7, 11) is 0. The zero-order valence-corrected chi connectivity index (χ0v) is 42.8. The second-order valence-electron chi connectivity index (χ2n) is 20.2. The second kappa shape index (κ2) is 27.9. The summed E-state index contributed by atoms with van der Waals surface area (Å²) in [6.45, 7) is 15.2. The number of hydrogen-bond acceptors (Lipinski definition) is 20. The lowest BCUT2D eigenvalue weighted by molar-refractivity contribution is -0.397. The highest BCUT2D eigenvalue weighted by Gasteiger charge is 2.57. The first kappa shape index (κ1) is 58.7. The molecule has 70 heavy (non-hydrogen) atoms. The fourth-order valence-corrected chi connectivity index (χ4v) is 9.46. The van der Waals surface area contributed by atoms with E-state index in [-0.39, 0.29) is 12.5 Å². The third-order valence-corrected chi connectivity index (χ3v) is 14.6. The van der Waals surface area contributed by atoms with Gasteiger partial charge in [-0.2, -0.15) is 0 Å². The molecule has 5 rings (SSSR count). The maximum absolute atomic E-state index is 13.6. The third kappa shape index (κ3) is 15.2. The molecular formula is C50H86O20. The van der Waals surface area contributed by atoms with E-state index in [1.54, 1.807) is 27.7 Å². The number of carbonyl (C=O) groups excluding carboxylic acids is 3. The van der Waals surface area contributed by atoms with E-state index in [1.165, 1.54) is 20.8 Å². The lowest BCUT2D eigenvalue weighted by Crippen LogP contribution is -2.67. The fourth-order valence-electron chi connectivity index (χ4n) is 9.46. The molecule has 5 heterocycles. The molecule has 0 amide bonds. The number of aliphatic hydroxyl groups excluding tert-OH is 6. The van der Waals surface area contributed by atoms with Crippen molar-refractivity contribution in [2.75, 3.05) is 0 Å². The highest BCUT2D eigenvalue weighted by Crippen LogP contribution is 2.38. The SMILES string of the molecule is CCCCC[C@@H]1CCCCCCCCCC(=O)O[C@H]2[C@H](O)[C@@H](C)O[C@@H](O[C@H]3[C@H](O1)O[C@H](C)[C@@H](O)[C@@H]3O)[C@@H]2O[C@@H]1O[C@@H](C)[C@H](O[C@@H]2O[C@H](C)[C@H](OC(=O)[C@@H](C)CC)[C@H](O)[C@H]2O)[C@@H](O)[C@H]1OC(=O)[C@@H](C)CC. The van der Waals surface area contributed by atoms with E-state index in [9.17, 15) is 45.0 Å². The van der Waals surface area contributed by atoms with Gasteiger partial charge >= 0.3 is 17.9 Å². The summed E-state index contributed by atoms with van der Waals surface area (Å²) in [6, 6.07) is 0. The van der Waals surface area contributed by atoms with E-state index in [2.05, 4.69) is 6.92 Å².